The van der Waals surface area contributed by atoms with Gasteiger partial charge in [0.15, 0.2) is 0 Å². The maximum atomic E-state index is 11.5. The first-order valence-electron chi connectivity index (χ1n) is 6.16. The second-order valence-electron chi connectivity index (χ2n) is 4.52. The number of nitrogens with zero attached hydrogens (tertiary/aromatic N) is 2. The summed E-state index contributed by atoms with van der Waals surface area (Å²) in [5, 5.41) is 2.71. The molecule has 2 rings (SSSR count). The molecule has 1 amide bonds. The molecular formula is C13H19N3O2. The number of likely N-dealkylation sites (tertiary alicyclic amines) is 1. The second kappa shape index (κ2) is 5.82. The summed E-state index contributed by atoms with van der Waals surface area (Å²) < 4.78 is 5.17. The molecule has 1 saturated heterocycles. The van der Waals surface area contributed by atoms with Crippen LogP contribution < -0.4 is 10.1 Å². The number of nitrogens with one attached hydrogen (secondary N) is 1. The van der Waals surface area contributed by atoms with E-state index in [1.54, 1.807) is 20.4 Å². The number of ether oxygens (including phenoxy) is 1. The van der Waals surface area contributed by atoms with Gasteiger partial charge in [-0.2, -0.15) is 0 Å². The summed E-state index contributed by atoms with van der Waals surface area (Å²) in [5.74, 6) is 1.07. The summed E-state index contributed by atoms with van der Waals surface area (Å²) in [7, 11) is 3.34. The average molecular weight is 249 g/mol. The number of rotatable bonds is 4. The van der Waals surface area contributed by atoms with E-state index in [9.17, 15) is 4.79 Å². The normalized spacial score (nSPS) is 19.8. The van der Waals surface area contributed by atoms with Gasteiger partial charge in [0.25, 0.3) is 0 Å². The van der Waals surface area contributed by atoms with Gasteiger partial charge in [-0.25, -0.2) is 0 Å². The lowest BCUT2D eigenvalue weighted by Crippen LogP contribution is -2.30. The van der Waals surface area contributed by atoms with E-state index in [2.05, 4.69) is 15.2 Å². The van der Waals surface area contributed by atoms with Gasteiger partial charge in [0.2, 0.25) is 5.91 Å². The van der Waals surface area contributed by atoms with E-state index < -0.39 is 0 Å². The Kier molecular flexibility index (Phi) is 4.15. The van der Waals surface area contributed by atoms with Crippen LogP contribution in [-0.2, 0) is 11.3 Å². The van der Waals surface area contributed by atoms with Crippen LogP contribution in [0.4, 0.5) is 0 Å². The zero-order valence-electron chi connectivity index (χ0n) is 10.8. The molecule has 5 nitrogen and oxygen atoms in total. The number of hydrogen-bond donors (Lipinski definition) is 1. The molecule has 2 heterocycles. The van der Waals surface area contributed by atoms with Crippen molar-refractivity contribution in [1.82, 2.24) is 15.2 Å². The first-order valence-corrected chi connectivity index (χ1v) is 6.16. The van der Waals surface area contributed by atoms with Crippen molar-refractivity contribution < 1.29 is 9.53 Å². The highest BCUT2D eigenvalue weighted by molar-refractivity contribution is 5.78. The first kappa shape index (κ1) is 12.8. The Balaban J connectivity index is 1.92. The topological polar surface area (TPSA) is 54.5 Å². The fraction of sp³-hybridized carbons (Fsp3) is 0.538. The van der Waals surface area contributed by atoms with E-state index in [-0.39, 0.29) is 11.8 Å². The van der Waals surface area contributed by atoms with Gasteiger partial charge in [-0.15, -0.1) is 0 Å². The summed E-state index contributed by atoms with van der Waals surface area (Å²) in [6.07, 6.45) is 2.67. The van der Waals surface area contributed by atoms with Gasteiger partial charge in [0.05, 0.1) is 18.7 Å². The first-order chi connectivity index (χ1) is 8.72. The maximum absolute atomic E-state index is 11.5. The van der Waals surface area contributed by atoms with Gasteiger partial charge < -0.3 is 10.1 Å². The van der Waals surface area contributed by atoms with Crippen LogP contribution in [-0.4, -0.2) is 43.0 Å². The van der Waals surface area contributed by atoms with Crippen molar-refractivity contribution in [1.29, 1.82) is 0 Å². The van der Waals surface area contributed by atoms with Crippen molar-refractivity contribution in [2.75, 3.05) is 27.2 Å². The van der Waals surface area contributed by atoms with Gasteiger partial charge >= 0.3 is 0 Å². The molecule has 0 saturated carbocycles. The Bertz CT molecular complexity index is 422. The quantitative estimate of drug-likeness (QED) is 0.851. The SMILES string of the molecule is CNC(=O)[C@H]1CCN(Cc2cc(OC)ccn2)C1. The molecule has 0 aromatic carbocycles. The molecule has 0 spiro atoms. The Hall–Kier alpha value is -1.62. The van der Waals surface area contributed by atoms with Gasteiger partial charge in [0.1, 0.15) is 5.75 Å². The van der Waals surface area contributed by atoms with Crippen LogP contribution >= 0.6 is 0 Å². The molecule has 5 heteroatoms. The molecule has 1 atom stereocenters. The van der Waals surface area contributed by atoms with Crippen LogP contribution in [0.2, 0.25) is 0 Å². The lowest BCUT2D eigenvalue weighted by atomic mass is 10.1. The van der Waals surface area contributed by atoms with E-state index in [1.165, 1.54) is 0 Å². The summed E-state index contributed by atoms with van der Waals surface area (Å²) in [4.78, 5) is 18.1. The van der Waals surface area contributed by atoms with Crippen LogP contribution in [0.15, 0.2) is 18.3 Å². The lowest BCUT2D eigenvalue weighted by molar-refractivity contribution is -0.124. The second-order valence-corrected chi connectivity index (χ2v) is 4.52. The number of hydrogen-bond acceptors (Lipinski definition) is 4. The molecule has 1 aromatic rings. The Morgan fingerprint density at radius 3 is 3.22 bits per heavy atom. The fourth-order valence-electron chi connectivity index (χ4n) is 2.29. The number of carbonyl (C=O) groups excluding carboxylic acids is 1. The molecule has 0 unspecified atom stereocenters. The summed E-state index contributed by atoms with van der Waals surface area (Å²) in [6.45, 7) is 2.51. The Morgan fingerprint density at radius 2 is 2.50 bits per heavy atom. The average Bonchev–Trinajstić information content (AvgIpc) is 2.86. The Labute approximate surface area is 107 Å². The standard InChI is InChI=1S/C13H19N3O2/c1-14-13(17)10-4-6-16(8-10)9-11-7-12(18-2)3-5-15-11/h3,5,7,10H,4,6,8-9H2,1-2H3,(H,14,17)/t10-/m0/s1. The highest BCUT2D eigenvalue weighted by atomic mass is 16.5. The van der Waals surface area contributed by atoms with Crippen LogP contribution in [0, 0.1) is 5.92 Å². The smallest absolute Gasteiger partial charge is 0.224 e. The highest BCUT2D eigenvalue weighted by Gasteiger charge is 2.27. The number of pyridine rings is 1. The lowest BCUT2D eigenvalue weighted by Gasteiger charge is -2.15. The molecule has 0 bridgehead atoms. The minimum absolute atomic E-state index is 0.112. The summed E-state index contributed by atoms with van der Waals surface area (Å²) in [5.41, 5.74) is 0.979. The maximum Gasteiger partial charge on any atom is 0.224 e. The number of aromatic nitrogens is 1. The third-order valence-corrected chi connectivity index (χ3v) is 3.30. The molecule has 1 aliphatic rings. The predicted molar refractivity (Wildman–Crippen MR) is 68.2 cm³/mol. The van der Waals surface area contributed by atoms with Crippen molar-refractivity contribution in [3.8, 4) is 5.75 Å². The zero-order valence-corrected chi connectivity index (χ0v) is 10.8. The predicted octanol–water partition coefficient (Wildman–Crippen LogP) is 0.658. The van der Waals surface area contributed by atoms with Crippen LogP contribution in [0.25, 0.3) is 0 Å². The van der Waals surface area contributed by atoms with Crippen molar-refractivity contribution in [3.63, 3.8) is 0 Å². The minimum Gasteiger partial charge on any atom is -0.497 e. The van der Waals surface area contributed by atoms with Gasteiger partial charge in [0, 0.05) is 32.4 Å². The van der Waals surface area contributed by atoms with Crippen LogP contribution in [0.1, 0.15) is 12.1 Å². The molecule has 18 heavy (non-hydrogen) atoms. The van der Waals surface area contributed by atoms with E-state index in [4.69, 9.17) is 4.74 Å². The largest absolute Gasteiger partial charge is 0.497 e. The Morgan fingerprint density at radius 1 is 1.67 bits per heavy atom. The van der Waals surface area contributed by atoms with Gasteiger partial charge in [-0.05, 0) is 19.0 Å². The van der Waals surface area contributed by atoms with Crippen LogP contribution in [0.3, 0.4) is 0 Å². The van der Waals surface area contributed by atoms with Crippen molar-refractivity contribution >= 4 is 5.91 Å². The number of carbonyl (C=O) groups is 1. The molecule has 98 valence electrons. The van der Waals surface area contributed by atoms with Crippen LogP contribution in [0.5, 0.6) is 5.75 Å². The van der Waals surface area contributed by atoms with Crippen molar-refractivity contribution in [2.24, 2.45) is 5.92 Å². The monoisotopic (exact) mass is 249 g/mol. The van der Waals surface area contributed by atoms with E-state index in [1.807, 2.05) is 12.1 Å². The highest BCUT2D eigenvalue weighted by Crippen LogP contribution is 2.19. The molecule has 1 aliphatic heterocycles. The van der Waals surface area contributed by atoms with Gasteiger partial charge in [-0.3, -0.25) is 14.7 Å². The zero-order chi connectivity index (χ0) is 13.0. The van der Waals surface area contributed by atoms with E-state index in [0.717, 1.165) is 37.5 Å². The molecule has 1 N–H and O–H groups in total. The molecule has 0 radical (unpaired) electrons. The number of methoxy groups -OCH3 is 1. The van der Waals surface area contributed by atoms with E-state index >= 15 is 0 Å². The molecule has 1 fully saturated rings. The summed E-state index contributed by atoms with van der Waals surface area (Å²) in [6, 6.07) is 3.77. The molecular weight excluding hydrogens is 230 g/mol. The third-order valence-electron chi connectivity index (χ3n) is 3.30. The van der Waals surface area contributed by atoms with E-state index in [0.29, 0.717) is 0 Å². The fourth-order valence-corrected chi connectivity index (χ4v) is 2.29. The van der Waals surface area contributed by atoms with Crippen molar-refractivity contribution in [2.45, 2.75) is 13.0 Å². The van der Waals surface area contributed by atoms with Gasteiger partial charge in [-0.1, -0.05) is 0 Å². The minimum atomic E-state index is 0.112. The molecule has 0 aliphatic carbocycles. The molecule has 1 aromatic heterocycles. The summed E-state index contributed by atoms with van der Waals surface area (Å²) >= 11 is 0. The van der Waals surface area contributed by atoms with Crippen molar-refractivity contribution in [3.05, 3.63) is 24.0 Å². The number of amides is 1. The third kappa shape index (κ3) is 2.98.